The maximum Gasteiger partial charge on any atom is 0.412 e. The molecule has 3 aromatic rings. The van der Waals surface area contributed by atoms with Crippen molar-refractivity contribution in [3.8, 4) is 0 Å². The number of carbonyl (C=O) groups excluding carboxylic acids is 1. The number of carbonyl (C=O) groups is 2. The Kier molecular flexibility index (Phi) is 3.88. The first kappa shape index (κ1) is 14.5. The monoisotopic (exact) mass is 312 g/mol. The molecule has 1 aromatic carbocycles. The summed E-state index contributed by atoms with van der Waals surface area (Å²) in [5.74, 6) is -1.10. The minimum Gasteiger partial charge on any atom is -0.478 e. The number of amides is 1. The zero-order valence-corrected chi connectivity index (χ0v) is 11.8. The number of aromatic nitrogens is 3. The summed E-state index contributed by atoms with van der Waals surface area (Å²) in [6, 6.07) is 9.27. The summed E-state index contributed by atoms with van der Waals surface area (Å²) < 4.78 is 6.38. The molecule has 0 saturated carbocycles. The van der Waals surface area contributed by atoms with Gasteiger partial charge in [0.2, 0.25) is 0 Å². The number of anilines is 1. The van der Waals surface area contributed by atoms with E-state index in [1.165, 1.54) is 23.1 Å². The van der Waals surface area contributed by atoms with Gasteiger partial charge < -0.3 is 9.84 Å². The fourth-order valence-electron chi connectivity index (χ4n) is 1.94. The van der Waals surface area contributed by atoms with E-state index in [2.05, 4.69) is 15.4 Å². The molecule has 0 bridgehead atoms. The maximum absolute atomic E-state index is 11.8. The minimum absolute atomic E-state index is 0.00111. The number of nitrogens with one attached hydrogen (secondary N) is 1. The Morgan fingerprint density at radius 2 is 2.00 bits per heavy atom. The first-order valence-corrected chi connectivity index (χ1v) is 6.68. The first-order chi connectivity index (χ1) is 11.1. The third-order valence-corrected chi connectivity index (χ3v) is 3.05. The van der Waals surface area contributed by atoms with Crippen LogP contribution in [0, 0.1) is 0 Å². The summed E-state index contributed by atoms with van der Waals surface area (Å²) in [4.78, 5) is 26.7. The molecule has 2 heterocycles. The molecule has 116 valence electrons. The van der Waals surface area contributed by atoms with Crippen LogP contribution in [-0.2, 0) is 11.3 Å². The number of fused-ring (bicyclic) bond motifs is 1. The molecule has 3 rings (SSSR count). The fourth-order valence-corrected chi connectivity index (χ4v) is 1.94. The lowest BCUT2D eigenvalue weighted by Gasteiger charge is -2.05. The van der Waals surface area contributed by atoms with E-state index in [9.17, 15) is 9.59 Å². The second kappa shape index (κ2) is 6.14. The third kappa shape index (κ3) is 3.26. The van der Waals surface area contributed by atoms with E-state index in [4.69, 9.17) is 9.84 Å². The average Bonchev–Trinajstić information content (AvgIpc) is 2.96. The van der Waals surface area contributed by atoms with Crippen molar-refractivity contribution in [1.82, 2.24) is 14.6 Å². The summed E-state index contributed by atoms with van der Waals surface area (Å²) in [7, 11) is 0. The number of nitrogens with zero attached hydrogens (tertiary/aromatic N) is 3. The quantitative estimate of drug-likeness (QED) is 0.765. The SMILES string of the molecule is O=C(Nc1cnn2cc(C(=O)O)cnc12)OCc1ccccc1. The maximum atomic E-state index is 11.8. The number of rotatable bonds is 4. The van der Waals surface area contributed by atoms with Crippen LogP contribution in [0.1, 0.15) is 15.9 Å². The van der Waals surface area contributed by atoms with Gasteiger partial charge in [0.05, 0.1) is 11.8 Å². The fraction of sp³-hybridized carbons (Fsp3) is 0.0667. The van der Waals surface area contributed by atoms with Crippen LogP contribution in [0.25, 0.3) is 5.65 Å². The number of hydrogen-bond acceptors (Lipinski definition) is 5. The smallest absolute Gasteiger partial charge is 0.412 e. The largest absolute Gasteiger partial charge is 0.478 e. The van der Waals surface area contributed by atoms with E-state index in [0.717, 1.165) is 5.56 Å². The van der Waals surface area contributed by atoms with Crippen molar-refractivity contribution in [2.45, 2.75) is 6.61 Å². The van der Waals surface area contributed by atoms with E-state index in [-0.39, 0.29) is 12.2 Å². The van der Waals surface area contributed by atoms with Crippen molar-refractivity contribution in [1.29, 1.82) is 0 Å². The summed E-state index contributed by atoms with van der Waals surface area (Å²) in [6.07, 6.45) is 3.23. The van der Waals surface area contributed by atoms with Crippen LogP contribution in [0.15, 0.2) is 48.9 Å². The van der Waals surface area contributed by atoms with Gasteiger partial charge in [0.25, 0.3) is 0 Å². The average molecular weight is 312 g/mol. The van der Waals surface area contributed by atoms with Crippen molar-refractivity contribution in [3.63, 3.8) is 0 Å². The van der Waals surface area contributed by atoms with Crippen molar-refractivity contribution in [2.24, 2.45) is 0 Å². The van der Waals surface area contributed by atoms with E-state index < -0.39 is 12.1 Å². The molecule has 0 fully saturated rings. The molecule has 0 spiro atoms. The van der Waals surface area contributed by atoms with E-state index in [1.807, 2.05) is 30.3 Å². The van der Waals surface area contributed by atoms with Gasteiger partial charge in [-0.25, -0.2) is 19.1 Å². The lowest BCUT2D eigenvalue weighted by atomic mass is 10.2. The van der Waals surface area contributed by atoms with Crippen molar-refractivity contribution >= 4 is 23.4 Å². The normalized spacial score (nSPS) is 10.4. The van der Waals surface area contributed by atoms with Gasteiger partial charge in [-0.3, -0.25) is 5.32 Å². The highest BCUT2D eigenvalue weighted by atomic mass is 16.5. The van der Waals surface area contributed by atoms with Gasteiger partial charge in [0, 0.05) is 12.4 Å². The second-order valence-corrected chi connectivity index (χ2v) is 4.66. The van der Waals surface area contributed by atoms with Crippen molar-refractivity contribution < 1.29 is 19.4 Å². The molecular formula is C15H12N4O4. The third-order valence-electron chi connectivity index (χ3n) is 3.05. The number of hydrogen-bond donors (Lipinski definition) is 2. The van der Waals surface area contributed by atoms with Crippen LogP contribution < -0.4 is 5.32 Å². The van der Waals surface area contributed by atoms with E-state index >= 15 is 0 Å². The number of ether oxygens (including phenoxy) is 1. The number of carboxylic acid groups (broad SMARTS) is 1. The second-order valence-electron chi connectivity index (χ2n) is 4.66. The highest BCUT2D eigenvalue weighted by Crippen LogP contribution is 2.15. The highest BCUT2D eigenvalue weighted by Gasteiger charge is 2.12. The lowest BCUT2D eigenvalue weighted by molar-refractivity contribution is 0.0695. The Bertz CT molecular complexity index is 860. The van der Waals surface area contributed by atoms with Gasteiger partial charge in [-0.1, -0.05) is 30.3 Å². The zero-order valence-electron chi connectivity index (χ0n) is 11.8. The minimum atomic E-state index is -1.10. The first-order valence-electron chi connectivity index (χ1n) is 6.68. The van der Waals surface area contributed by atoms with Crippen LogP contribution >= 0.6 is 0 Å². The van der Waals surface area contributed by atoms with Gasteiger partial charge in [-0.05, 0) is 5.56 Å². The Hall–Kier alpha value is -3.42. The van der Waals surface area contributed by atoms with Crippen LogP contribution in [0.2, 0.25) is 0 Å². The van der Waals surface area contributed by atoms with Gasteiger partial charge in [0.15, 0.2) is 5.65 Å². The Morgan fingerprint density at radius 1 is 1.22 bits per heavy atom. The van der Waals surface area contributed by atoms with Gasteiger partial charge in [0.1, 0.15) is 12.3 Å². The number of aromatic carboxylic acids is 1. The van der Waals surface area contributed by atoms with Crippen LogP contribution in [0.4, 0.5) is 10.5 Å². The predicted molar refractivity (Wildman–Crippen MR) is 80.2 cm³/mol. The predicted octanol–water partition coefficient (Wildman–Crippen LogP) is 2.18. The zero-order chi connectivity index (χ0) is 16.2. The lowest BCUT2D eigenvalue weighted by Crippen LogP contribution is -2.13. The van der Waals surface area contributed by atoms with E-state index in [0.29, 0.717) is 11.3 Å². The molecule has 2 N–H and O–H groups in total. The Morgan fingerprint density at radius 3 is 2.74 bits per heavy atom. The summed E-state index contributed by atoms with van der Waals surface area (Å²) in [5.41, 5.74) is 1.53. The van der Waals surface area contributed by atoms with Gasteiger partial charge >= 0.3 is 12.1 Å². The van der Waals surface area contributed by atoms with Crippen molar-refractivity contribution in [2.75, 3.05) is 5.32 Å². The molecule has 8 nitrogen and oxygen atoms in total. The summed E-state index contributed by atoms with van der Waals surface area (Å²) in [6.45, 7) is 0.141. The molecule has 0 aliphatic rings. The molecule has 8 heteroatoms. The van der Waals surface area contributed by atoms with Gasteiger partial charge in [-0.2, -0.15) is 5.10 Å². The molecule has 0 aliphatic heterocycles. The van der Waals surface area contributed by atoms with Crippen LogP contribution in [0.5, 0.6) is 0 Å². The molecule has 1 amide bonds. The molecule has 2 aromatic heterocycles. The van der Waals surface area contributed by atoms with Crippen LogP contribution in [-0.4, -0.2) is 31.8 Å². The van der Waals surface area contributed by atoms with Gasteiger partial charge in [-0.15, -0.1) is 0 Å². The molecular weight excluding hydrogens is 300 g/mol. The van der Waals surface area contributed by atoms with E-state index in [1.54, 1.807) is 0 Å². The topological polar surface area (TPSA) is 106 Å². The summed E-state index contributed by atoms with van der Waals surface area (Å²) >= 11 is 0. The summed E-state index contributed by atoms with van der Waals surface area (Å²) in [5, 5.41) is 15.4. The molecule has 0 atom stereocenters. The Balaban J connectivity index is 1.69. The van der Waals surface area contributed by atoms with Crippen molar-refractivity contribution in [3.05, 3.63) is 60.0 Å². The molecule has 23 heavy (non-hydrogen) atoms. The number of benzene rings is 1. The Labute approximate surface area is 130 Å². The molecule has 0 unspecified atom stereocenters. The number of carboxylic acids is 1. The standard InChI is InChI=1S/C15H12N4O4/c20-14(21)11-6-16-13-12(7-17-19(13)8-11)18-15(22)23-9-10-4-2-1-3-5-10/h1-8H,9H2,(H,18,22)(H,20,21). The molecule has 0 aliphatic carbocycles. The molecule has 0 saturated heterocycles. The molecule has 0 radical (unpaired) electrons. The van der Waals surface area contributed by atoms with Crippen LogP contribution in [0.3, 0.4) is 0 Å². The highest BCUT2D eigenvalue weighted by molar-refractivity contribution is 5.90.